The van der Waals surface area contributed by atoms with E-state index in [0.29, 0.717) is 29.6 Å². The second kappa shape index (κ2) is 11.1. The molecule has 1 amide bonds. The molecule has 1 aliphatic rings. The maximum atomic E-state index is 12.5. The monoisotopic (exact) mass is 480 g/mol. The summed E-state index contributed by atoms with van der Waals surface area (Å²) in [5.41, 5.74) is 3.91. The lowest BCUT2D eigenvalue weighted by molar-refractivity contribution is -0.142. The molecule has 0 saturated carbocycles. The van der Waals surface area contributed by atoms with Gasteiger partial charge in [0.2, 0.25) is 0 Å². The number of aromatic nitrogens is 1. The smallest absolute Gasteiger partial charge is 0.349 e. The van der Waals surface area contributed by atoms with Gasteiger partial charge in [0.05, 0.1) is 12.2 Å². The van der Waals surface area contributed by atoms with E-state index in [1.54, 1.807) is 7.11 Å². The standard InChI is InChI=1S/C25H28N4O4S/c1-15-5-6-20-21(13-27)24(34-22(20)9-15)28-23(30)14-33-25(31)19(12-26)11-18-10-16(2)29(17(18)3)7-8-32-4/h10-11,15H,5-9,14H2,1-4H3,(H,28,30)/b19-11+. The third-order valence-electron chi connectivity index (χ3n) is 5.98. The molecule has 2 heterocycles. The average molecular weight is 481 g/mol. The van der Waals surface area contributed by atoms with Crippen molar-refractivity contribution in [2.45, 2.75) is 46.6 Å². The van der Waals surface area contributed by atoms with Crippen molar-refractivity contribution in [3.8, 4) is 12.1 Å². The summed E-state index contributed by atoms with van der Waals surface area (Å²) in [4.78, 5) is 26.0. The Balaban J connectivity index is 1.66. The van der Waals surface area contributed by atoms with Crippen LogP contribution < -0.4 is 5.32 Å². The summed E-state index contributed by atoms with van der Waals surface area (Å²) in [6.45, 7) is 6.66. The van der Waals surface area contributed by atoms with Crippen molar-refractivity contribution in [3.63, 3.8) is 0 Å². The Bertz CT molecular complexity index is 1210. The van der Waals surface area contributed by atoms with Crippen molar-refractivity contribution in [2.24, 2.45) is 5.92 Å². The molecule has 0 spiro atoms. The average Bonchev–Trinajstić information content (AvgIpc) is 3.28. The Morgan fingerprint density at radius 2 is 2.12 bits per heavy atom. The minimum atomic E-state index is -0.876. The number of aryl methyl sites for hydroxylation is 1. The number of rotatable bonds is 8. The summed E-state index contributed by atoms with van der Waals surface area (Å²) < 4.78 is 12.3. The fourth-order valence-electron chi connectivity index (χ4n) is 4.12. The van der Waals surface area contributed by atoms with Gasteiger partial charge in [0.1, 0.15) is 22.7 Å². The summed E-state index contributed by atoms with van der Waals surface area (Å²) in [7, 11) is 1.63. The molecule has 1 aliphatic carbocycles. The van der Waals surface area contributed by atoms with Crippen LogP contribution >= 0.6 is 11.3 Å². The number of hydrogen-bond acceptors (Lipinski definition) is 7. The first-order valence-corrected chi connectivity index (χ1v) is 11.9. The molecule has 2 aromatic rings. The zero-order valence-electron chi connectivity index (χ0n) is 19.9. The SMILES string of the molecule is COCCn1c(C)cc(/C=C(\C#N)C(=O)OCC(=O)Nc2sc3c(c2C#N)CCC(C)C3)c1C. The molecule has 1 N–H and O–H groups in total. The topological polar surface area (TPSA) is 117 Å². The highest BCUT2D eigenvalue weighted by molar-refractivity contribution is 7.16. The summed E-state index contributed by atoms with van der Waals surface area (Å²) in [6.07, 6.45) is 4.20. The van der Waals surface area contributed by atoms with Crippen molar-refractivity contribution in [2.75, 3.05) is 25.6 Å². The van der Waals surface area contributed by atoms with Gasteiger partial charge in [-0.05, 0) is 62.3 Å². The van der Waals surface area contributed by atoms with Gasteiger partial charge in [-0.25, -0.2) is 4.79 Å². The maximum absolute atomic E-state index is 12.5. The Morgan fingerprint density at radius 1 is 1.35 bits per heavy atom. The number of thiophene rings is 1. The maximum Gasteiger partial charge on any atom is 0.349 e. The zero-order chi connectivity index (χ0) is 24.8. The second-order valence-electron chi connectivity index (χ2n) is 8.43. The fourth-order valence-corrected chi connectivity index (χ4v) is 5.50. The number of carbonyl (C=O) groups is 2. The molecular weight excluding hydrogens is 452 g/mol. The van der Waals surface area contributed by atoms with Crippen LogP contribution in [0, 0.1) is 42.4 Å². The van der Waals surface area contributed by atoms with Gasteiger partial charge in [-0.15, -0.1) is 11.3 Å². The van der Waals surface area contributed by atoms with E-state index in [-0.39, 0.29) is 5.57 Å². The van der Waals surface area contributed by atoms with Crippen molar-refractivity contribution >= 4 is 34.3 Å². The zero-order valence-corrected chi connectivity index (χ0v) is 20.7. The lowest BCUT2D eigenvalue weighted by Crippen LogP contribution is -2.21. The molecule has 0 aromatic carbocycles. The Morgan fingerprint density at radius 3 is 2.79 bits per heavy atom. The van der Waals surface area contributed by atoms with Gasteiger partial charge in [0, 0.05) is 29.9 Å². The summed E-state index contributed by atoms with van der Waals surface area (Å²) in [6, 6.07) is 5.93. The van der Waals surface area contributed by atoms with E-state index in [1.807, 2.05) is 30.6 Å². The molecule has 8 nitrogen and oxygen atoms in total. The van der Waals surface area contributed by atoms with Gasteiger partial charge < -0.3 is 19.4 Å². The molecule has 178 valence electrons. The van der Waals surface area contributed by atoms with Crippen LogP contribution in [-0.4, -0.2) is 36.8 Å². The molecule has 2 aromatic heterocycles. The minimum absolute atomic E-state index is 0.196. The third-order valence-corrected chi connectivity index (χ3v) is 7.15. The first kappa shape index (κ1) is 25.2. The highest BCUT2D eigenvalue weighted by Gasteiger charge is 2.25. The van der Waals surface area contributed by atoms with Gasteiger partial charge in [0.15, 0.2) is 6.61 Å². The van der Waals surface area contributed by atoms with E-state index in [1.165, 1.54) is 17.4 Å². The van der Waals surface area contributed by atoms with Gasteiger partial charge in [-0.2, -0.15) is 10.5 Å². The molecule has 0 aliphatic heterocycles. The molecule has 0 bridgehead atoms. The number of ether oxygens (including phenoxy) is 2. The Hall–Kier alpha value is -3.40. The first-order chi connectivity index (χ1) is 16.3. The predicted octanol–water partition coefficient (Wildman–Crippen LogP) is 3.90. The molecule has 3 rings (SSSR count). The van der Waals surface area contributed by atoms with Crippen LogP contribution in [0.4, 0.5) is 5.00 Å². The van der Waals surface area contributed by atoms with Gasteiger partial charge >= 0.3 is 5.97 Å². The molecule has 0 saturated heterocycles. The quantitative estimate of drug-likeness (QED) is 0.348. The minimum Gasteiger partial charge on any atom is -0.451 e. The number of fused-ring (bicyclic) bond motifs is 1. The number of nitriles is 2. The predicted molar refractivity (Wildman–Crippen MR) is 129 cm³/mol. The van der Waals surface area contributed by atoms with E-state index in [2.05, 4.69) is 18.3 Å². The summed E-state index contributed by atoms with van der Waals surface area (Å²) in [5.74, 6) is -0.881. The van der Waals surface area contributed by atoms with Crippen LogP contribution in [-0.2, 0) is 38.4 Å². The highest BCUT2D eigenvalue weighted by Crippen LogP contribution is 2.39. The molecule has 0 fully saturated rings. The number of amides is 1. The van der Waals surface area contributed by atoms with Crippen molar-refractivity contribution in [1.82, 2.24) is 4.57 Å². The number of esters is 1. The largest absolute Gasteiger partial charge is 0.451 e. The van der Waals surface area contributed by atoms with E-state index < -0.39 is 18.5 Å². The van der Waals surface area contributed by atoms with Gasteiger partial charge in [-0.1, -0.05) is 6.92 Å². The first-order valence-electron chi connectivity index (χ1n) is 11.1. The molecule has 1 unspecified atom stereocenters. The van der Waals surface area contributed by atoms with Crippen LogP contribution in [0.2, 0.25) is 0 Å². The number of nitrogens with one attached hydrogen (secondary N) is 1. The van der Waals surface area contributed by atoms with Gasteiger partial charge in [-0.3, -0.25) is 4.79 Å². The Labute approximate surface area is 203 Å². The number of carbonyl (C=O) groups excluding carboxylic acids is 2. The molecule has 34 heavy (non-hydrogen) atoms. The van der Waals surface area contributed by atoms with Crippen LogP contribution in [0.1, 0.15) is 46.3 Å². The van der Waals surface area contributed by atoms with E-state index in [9.17, 15) is 20.1 Å². The Kier molecular flexibility index (Phi) is 8.27. The molecule has 0 radical (unpaired) electrons. The van der Waals surface area contributed by atoms with Crippen molar-refractivity contribution < 1.29 is 19.1 Å². The van der Waals surface area contributed by atoms with Crippen LogP contribution in [0.5, 0.6) is 0 Å². The second-order valence-corrected chi connectivity index (χ2v) is 9.54. The summed E-state index contributed by atoms with van der Waals surface area (Å²) in [5, 5.41) is 22.2. The van der Waals surface area contributed by atoms with Gasteiger partial charge in [0.25, 0.3) is 5.91 Å². The van der Waals surface area contributed by atoms with Crippen LogP contribution in [0.15, 0.2) is 11.6 Å². The lowest BCUT2D eigenvalue weighted by atomic mass is 9.89. The number of hydrogen-bond donors (Lipinski definition) is 1. The third kappa shape index (κ3) is 5.56. The van der Waals surface area contributed by atoms with E-state index in [0.717, 1.165) is 46.7 Å². The molecule has 1 atom stereocenters. The highest BCUT2D eigenvalue weighted by atomic mass is 32.1. The van der Waals surface area contributed by atoms with Crippen LogP contribution in [0.25, 0.3) is 6.08 Å². The van der Waals surface area contributed by atoms with Crippen molar-refractivity contribution in [3.05, 3.63) is 44.6 Å². The lowest BCUT2D eigenvalue weighted by Gasteiger charge is -2.17. The summed E-state index contributed by atoms with van der Waals surface area (Å²) >= 11 is 1.41. The van der Waals surface area contributed by atoms with E-state index in [4.69, 9.17) is 9.47 Å². The van der Waals surface area contributed by atoms with Crippen LogP contribution in [0.3, 0.4) is 0 Å². The van der Waals surface area contributed by atoms with Crippen molar-refractivity contribution in [1.29, 1.82) is 10.5 Å². The number of methoxy groups -OCH3 is 1. The number of anilines is 1. The normalized spacial score (nSPS) is 15.2. The van der Waals surface area contributed by atoms with E-state index >= 15 is 0 Å². The molecule has 9 heteroatoms. The number of nitrogens with zero attached hydrogens (tertiary/aromatic N) is 3. The fraction of sp³-hybridized carbons (Fsp3) is 0.440. The molecular formula is C25H28N4O4S.